The van der Waals surface area contributed by atoms with Crippen molar-refractivity contribution in [2.45, 2.75) is 49.9 Å². The SMILES string of the molecule is CC[C@@]1(C)Cc2ccccc2-c2nc3n(c(=O)c21)C[C@@H](O)CS3. The Morgan fingerprint density at radius 2 is 2.22 bits per heavy atom. The van der Waals surface area contributed by atoms with Gasteiger partial charge in [-0.3, -0.25) is 9.36 Å². The standard InChI is InChI=1S/C18H20N2O2S/c1-3-18(2)8-11-6-4-5-7-13(11)15-14(18)16(22)20-9-12(21)10-23-17(20)19-15/h4-7,12,21H,3,8-10H2,1-2H3/t12-,18+/m1/s1. The van der Waals surface area contributed by atoms with Crippen LogP contribution in [0.2, 0.25) is 0 Å². The molecule has 0 saturated carbocycles. The molecule has 120 valence electrons. The van der Waals surface area contributed by atoms with Crippen molar-refractivity contribution >= 4 is 11.8 Å². The molecule has 0 bridgehead atoms. The highest BCUT2D eigenvalue weighted by molar-refractivity contribution is 7.99. The molecule has 1 aliphatic carbocycles. The Bertz CT molecular complexity index is 845. The van der Waals surface area contributed by atoms with Crippen molar-refractivity contribution in [2.75, 3.05) is 5.75 Å². The van der Waals surface area contributed by atoms with Gasteiger partial charge in [0.1, 0.15) is 0 Å². The molecule has 0 amide bonds. The van der Waals surface area contributed by atoms with Gasteiger partial charge in [-0.15, -0.1) is 0 Å². The predicted molar refractivity (Wildman–Crippen MR) is 92.0 cm³/mol. The molecule has 0 fully saturated rings. The molecule has 1 aromatic carbocycles. The van der Waals surface area contributed by atoms with Gasteiger partial charge >= 0.3 is 0 Å². The van der Waals surface area contributed by atoms with E-state index in [1.165, 1.54) is 17.3 Å². The summed E-state index contributed by atoms with van der Waals surface area (Å²) in [7, 11) is 0. The van der Waals surface area contributed by atoms with Gasteiger partial charge in [-0.1, -0.05) is 49.9 Å². The van der Waals surface area contributed by atoms with E-state index in [2.05, 4.69) is 32.0 Å². The van der Waals surface area contributed by atoms with E-state index in [1.807, 2.05) is 6.07 Å². The smallest absolute Gasteiger partial charge is 0.258 e. The molecule has 0 saturated heterocycles. The zero-order chi connectivity index (χ0) is 16.2. The van der Waals surface area contributed by atoms with Crippen LogP contribution in [-0.4, -0.2) is 26.5 Å². The number of hydrogen-bond donors (Lipinski definition) is 1. The number of nitrogens with zero attached hydrogens (tertiary/aromatic N) is 2. The molecular weight excluding hydrogens is 308 g/mol. The number of fused-ring (bicyclic) bond motifs is 4. The lowest BCUT2D eigenvalue weighted by Gasteiger charge is -2.36. The molecular formula is C18H20N2O2S. The molecule has 1 aliphatic heterocycles. The molecule has 2 atom stereocenters. The lowest BCUT2D eigenvalue weighted by atomic mass is 9.69. The van der Waals surface area contributed by atoms with Gasteiger partial charge in [0.25, 0.3) is 5.56 Å². The summed E-state index contributed by atoms with van der Waals surface area (Å²) in [6, 6.07) is 8.26. The number of aliphatic hydroxyl groups is 1. The number of benzene rings is 1. The number of aliphatic hydroxyl groups excluding tert-OH is 1. The molecule has 23 heavy (non-hydrogen) atoms. The summed E-state index contributed by atoms with van der Waals surface area (Å²) in [5, 5.41) is 10.7. The molecule has 1 N–H and O–H groups in total. The Kier molecular flexibility index (Phi) is 3.39. The van der Waals surface area contributed by atoms with Gasteiger partial charge in [-0.25, -0.2) is 4.98 Å². The van der Waals surface area contributed by atoms with Gasteiger partial charge in [0.05, 0.1) is 23.9 Å². The van der Waals surface area contributed by atoms with E-state index >= 15 is 0 Å². The van der Waals surface area contributed by atoms with E-state index < -0.39 is 6.10 Å². The Hall–Kier alpha value is -1.59. The van der Waals surface area contributed by atoms with Crippen molar-refractivity contribution in [2.24, 2.45) is 0 Å². The van der Waals surface area contributed by atoms with Crippen LogP contribution >= 0.6 is 11.8 Å². The van der Waals surface area contributed by atoms with E-state index in [0.717, 1.165) is 34.8 Å². The Morgan fingerprint density at radius 1 is 1.43 bits per heavy atom. The fraction of sp³-hybridized carbons (Fsp3) is 0.444. The molecule has 2 aliphatic rings. The third-order valence-electron chi connectivity index (χ3n) is 5.17. The molecule has 0 spiro atoms. The van der Waals surface area contributed by atoms with Crippen LogP contribution in [0.5, 0.6) is 0 Å². The monoisotopic (exact) mass is 328 g/mol. The van der Waals surface area contributed by atoms with Gasteiger partial charge in [-0.2, -0.15) is 0 Å². The first kappa shape index (κ1) is 15.0. The van der Waals surface area contributed by atoms with Gasteiger partial charge in [0, 0.05) is 16.7 Å². The third kappa shape index (κ3) is 2.17. The highest BCUT2D eigenvalue weighted by Gasteiger charge is 2.38. The number of aromatic nitrogens is 2. The van der Waals surface area contributed by atoms with E-state index in [9.17, 15) is 9.90 Å². The second-order valence-corrected chi connectivity index (χ2v) is 7.73. The summed E-state index contributed by atoms with van der Waals surface area (Å²) in [5.41, 5.74) is 3.83. The van der Waals surface area contributed by atoms with Crippen molar-refractivity contribution < 1.29 is 5.11 Å². The first-order chi connectivity index (χ1) is 11.0. The summed E-state index contributed by atoms with van der Waals surface area (Å²) in [5.74, 6) is 0.595. The minimum Gasteiger partial charge on any atom is -0.390 e. The van der Waals surface area contributed by atoms with Crippen molar-refractivity contribution in [1.82, 2.24) is 9.55 Å². The van der Waals surface area contributed by atoms with Crippen LogP contribution in [0.4, 0.5) is 0 Å². The van der Waals surface area contributed by atoms with E-state index in [0.29, 0.717) is 12.3 Å². The predicted octanol–water partition coefficient (Wildman–Crippen LogP) is 2.60. The maximum Gasteiger partial charge on any atom is 0.258 e. The lowest BCUT2D eigenvalue weighted by Crippen LogP contribution is -2.42. The highest BCUT2D eigenvalue weighted by Crippen LogP contribution is 2.43. The lowest BCUT2D eigenvalue weighted by molar-refractivity contribution is 0.166. The minimum absolute atomic E-state index is 0.0232. The van der Waals surface area contributed by atoms with Crippen molar-refractivity contribution in [3.8, 4) is 11.3 Å². The van der Waals surface area contributed by atoms with Crippen molar-refractivity contribution in [1.29, 1.82) is 0 Å². The molecule has 4 rings (SSSR count). The molecule has 1 aromatic heterocycles. The molecule has 4 nitrogen and oxygen atoms in total. The summed E-state index contributed by atoms with van der Waals surface area (Å²) in [6.45, 7) is 4.64. The topological polar surface area (TPSA) is 55.1 Å². The fourth-order valence-electron chi connectivity index (χ4n) is 3.70. The number of hydrogen-bond acceptors (Lipinski definition) is 4. The highest BCUT2D eigenvalue weighted by atomic mass is 32.2. The zero-order valence-corrected chi connectivity index (χ0v) is 14.2. The van der Waals surface area contributed by atoms with Crippen LogP contribution in [0, 0.1) is 0 Å². The zero-order valence-electron chi connectivity index (χ0n) is 13.4. The van der Waals surface area contributed by atoms with Crippen LogP contribution in [0.1, 0.15) is 31.4 Å². The second kappa shape index (κ2) is 5.21. The quantitative estimate of drug-likeness (QED) is 0.818. The summed E-state index contributed by atoms with van der Waals surface area (Å²) in [4.78, 5) is 18.0. The van der Waals surface area contributed by atoms with Gasteiger partial charge in [-0.05, 0) is 18.4 Å². The number of thioether (sulfide) groups is 1. The third-order valence-corrected chi connectivity index (χ3v) is 6.29. The average Bonchev–Trinajstić information content (AvgIpc) is 2.55. The van der Waals surface area contributed by atoms with E-state index in [1.54, 1.807) is 4.57 Å². The maximum absolute atomic E-state index is 13.2. The molecule has 0 radical (unpaired) electrons. The van der Waals surface area contributed by atoms with Crippen LogP contribution in [0.3, 0.4) is 0 Å². The molecule has 2 aromatic rings. The van der Waals surface area contributed by atoms with Crippen molar-refractivity contribution in [3.05, 3.63) is 45.7 Å². The largest absolute Gasteiger partial charge is 0.390 e. The average molecular weight is 328 g/mol. The maximum atomic E-state index is 13.2. The first-order valence-electron chi connectivity index (χ1n) is 8.08. The Labute approximate surface area is 139 Å². The molecule has 2 heterocycles. The molecule has 0 unspecified atom stereocenters. The first-order valence-corrected chi connectivity index (χ1v) is 9.06. The van der Waals surface area contributed by atoms with Crippen LogP contribution in [0.25, 0.3) is 11.3 Å². The summed E-state index contributed by atoms with van der Waals surface area (Å²) < 4.78 is 1.67. The van der Waals surface area contributed by atoms with Crippen molar-refractivity contribution in [3.63, 3.8) is 0 Å². The van der Waals surface area contributed by atoms with E-state index in [4.69, 9.17) is 4.98 Å². The fourth-order valence-corrected chi connectivity index (χ4v) is 4.61. The van der Waals surface area contributed by atoms with Crippen LogP contribution < -0.4 is 5.56 Å². The minimum atomic E-state index is -0.478. The summed E-state index contributed by atoms with van der Waals surface area (Å²) in [6.07, 6.45) is 1.27. The second-order valence-electron chi connectivity index (χ2n) is 6.75. The Balaban J connectivity index is 2.05. The van der Waals surface area contributed by atoms with Gasteiger partial charge < -0.3 is 5.11 Å². The van der Waals surface area contributed by atoms with Gasteiger partial charge in [0.2, 0.25) is 0 Å². The normalized spacial score (nSPS) is 25.4. The van der Waals surface area contributed by atoms with Gasteiger partial charge in [0.15, 0.2) is 5.16 Å². The molecule has 5 heteroatoms. The number of rotatable bonds is 1. The van der Waals surface area contributed by atoms with Crippen LogP contribution in [0.15, 0.2) is 34.2 Å². The summed E-state index contributed by atoms with van der Waals surface area (Å²) >= 11 is 1.47. The van der Waals surface area contributed by atoms with Crippen LogP contribution in [-0.2, 0) is 18.4 Å². The van der Waals surface area contributed by atoms with E-state index in [-0.39, 0.29) is 11.0 Å². The Morgan fingerprint density at radius 3 is 3.00 bits per heavy atom.